The second kappa shape index (κ2) is 10.5. The Kier molecular flexibility index (Phi) is 7.44. The van der Waals surface area contributed by atoms with Gasteiger partial charge in [0.05, 0.1) is 32.8 Å². The molecule has 3 aromatic rings. The number of aryl methyl sites for hydroxylation is 1. The van der Waals surface area contributed by atoms with Gasteiger partial charge in [0.2, 0.25) is 0 Å². The average Bonchev–Trinajstić information content (AvgIpc) is 2.84. The molecule has 1 aliphatic heterocycles. The van der Waals surface area contributed by atoms with Crippen LogP contribution in [0, 0.1) is 6.92 Å². The lowest BCUT2D eigenvalue weighted by atomic mass is 9.85. The fourth-order valence-corrected chi connectivity index (χ4v) is 4.76. The van der Waals surface area contributed by atoms with Crippen molar-refractivity contribution in [1.29, 1.82) is 0 Å². The summed E-state index contributed by atoms with van der Waals surface area (Å²) >= 11 is 0. The van der Waals surface area contributed by atoms with E-state index in [-0.39, 0.29) is 11.5 Å². The SMILES string of the molecule is COc1cc(OC)c2c(C)cc(=O)oc2c1[C@H](CCN1CCOCC1)c1ccc(N(C)C)cc1. The van der Waals surface area contributed by atoms with Crippen molar-refractivity contribution in [3.63, 3.8) is 0 Å². The molecule has 2 aromatic carbocycles. The number of rotatable bonds is 8. The van der Waals surface area contributed by atoms with Gasteiger partial charge >= 0.3 is 5.63 Å². The summed E-state index contributed by atoms with van der Waals surface area (Å²) in [6, 6.07) is 12.0. The minimum atomic E-state index is -0.378. The minimum absolute atomic E-state index is 0.0348. The fraction of sp³-hybridized carbons (Fsp3) is 0.444. The van der Waals surface area contributed by atoms with Gasteiger partial charge < -0.3 is 23.5 Å². The fourth-order valence-electron chi connectivity index (χ4n) is 4.76. The monoisotopic (exact) mass is 466 g/mol. The second-order valence-corrected chi connectivity index (χ2v) is 8.93. The quantitative estimate of drug-likeness (QED) is 0.464. The number of nitrogens with zero attached hydrogens (tertiary/aromatic N) is 2. The molecule has 4 rings (SSSR count). The van der Waals surface area contributed by atoms with Crippen molar-refractivity contribution < 1.29 is 18.6 Å². The third-order valence-electron chi connectivity index (χ3n) is 6.61. The van der Waals surface area contributed by atoms with Crippen molar-refractivity contribution >= 4 is 16.7 Å². The van der Waals surface area contributed by atoms with Crippen molar-refractivity contribution in [2.75, 3.05) is 66.1 Å². The molecule has 1 saturated heterocycles. The summed E-state index contributed by atoms with van der Waals surface area (Å²) in [7, 11) is 7.32. The lowest BCUT2D eigenvalue weighted by Gasteiger charge is -2.29. The van der Waals surface area contributed by atoms with E-state index in [2.05, 4.69) is 34.1 Å². The van der Waals surface area contributed by atoms with E-state index in [9.17, 15) is 4.79 Å². The van der Waals surface area contributed by atoms with E-state index >= 15 is 0 Å². The highest BCUT2D eigenvalue weighted by atomic mass is 16.5. The Balaban J connectivity index is 1.88. The summed E-state index contributed by atoms with van der Waals surface area (Å²) in [6.45, 7) is 6.15. The highest BCUT2D eigenvalue weighted by molar-refractivity contribution is 5.92. The number of hydrogen-bond donors (Lipinski definition) is 0. The van der Waals surface area contributed by atoms with Gasteiger partial charge in [-0.2, -0.15) is 0 Å². The Morgan fingerprint density at radius 1 is 1.03 bits per heavy atom. The standard InChI is InChI=1S/C27H34N2O5/c1-18-16-24(30)34-27-25(18)22(31-4)17-23(32-5)26(27)21(10-11-29-12-14-33-15-13-29)19-6-8-20(9-7-19)28(2)3/h6-9,16-17,21H,10-15H2,1-5H3/t21-/m1/s1. The van der Waals surface area contributed by atoms with E-state index < -0.39 is 0 Å². The number of methoxy groups -OCH3 is 2. The third kappa shape index (κ3) is 4.91. The summed E-state index contributed by atoms with van der Waals surface area (Å²) in [5.41, 5.74) is 4.13. The van der Waals surface area contributed by atoms with Gasteiger partial charge in [0.15, 0.2) is 0 Å². The van der Waals surface area contributed by atoms with Gasteiger partial charge in [-0.1, -0.05) is 12.1 Å². The number of ether oxygens (including phenoxy) is 3. The zero-order valence-electron chi connectivity index (χ0n) is 20.7. The number of anilines is 1. The number of benzene rings is 2. The molecule has 0 amide bonds. The summed E-state index contributed by atoms with van der Waals surface area (Å²) in [5, 5.41) is 0.805. The maximum Gasteiger partial charge on any atom is 0.336 e. The van der Waals surface area contributed by atoms with Crippen LogP contribution in [0.4, 0.5) is 5.69 Å². The van der Waals surface area contributed by atoms with Crippen LogP contribution in [-0.4, -0.2) is 66.1 Å². The molecule has 0 aliphatic carbocycles. The van der Waals surface area contributed by atoms with Crippen LogP contribution < -0.4 is 20.0 Å². The minimum Gasteiger partial charge on any atom is -0.496 e. The van der Waals surface area contributed by atoms with Crippen molar-refractivity contribution in [2.24, 2.45) is 0 Å². The van der Waals surface area contributed by atoms with E-state index in [4.69, 9.17) is 18.6 Å². The van der Waals surface area contributed by atoms with Crippen molar-refractivity contribution in [2.45, 2.75) is 19.3 Å². The summed E-state index contributed by atoms with van der Waals surface area (Å²) in [5.74, 6) is 1.25. The molecule has 0 N–H and O–H groups in total. The van der Waals surface area contributed by atoms with E-state index in [0.717, 1.165) is 67.0 Å². The first-order valence-corrected chi connectivity index (χ1v) is 11.7. The Hall–Kier alpha value is -3.03. The highest BCUT2D eigenvalue weighted by Gasteiger charge is 2.27. The molecule has 0 spiro atoms. The first-order valence-electron chi connectivity index (χ1n) is 11.7. The zero-order valence-corrected chi connectivity index (χ0v) is 20.7. The highest BCUT2D eigenvalue weighted by Crippen LogP contribution is 2.44. The van der Waals surface area contributed by atoms with Crippen LogP contribution in [0.1, 0.15) is 29.0 Å². The molecular weight excluding hydrogens is 432 g/mol. The van der Waals surface area contributed by atoms with Crippen LogP contribution in [0.5, 0.6) is 11.5 Å². The number of hydrogen-bond acceptors (Lipinski definition) is 7. The molecule has 1 atom stereocenters. The van der Waals surface area contributed by atoms with Gasteiger partial charge in [-0.3, -0.25) is 4.90 Å². The molecule has 7 heteroatoms. The molecule has 1 fully saturated rings. The predicted molar refractivity (Wildman–Crippen MR) is 135 cm³/mol. The van der Waals surface area contributed by atoms with Gasteiger partial charge in [0, 0.05) is 56.5 Å². The molecule has 7 nitrogen and oxygen atoms in total. The first kappa shape index (κ1) is 24.1. The van der Waals surface area contributed by atoms with Crippen LogP contribution in [0.3, 0.4) is 0 Å². The topological polar surface area (TPSA) is 64.4 Å². The molecule has 1 aromatic heterocycles. The van der Waals surface area contributed by atoms with Crippen LogP contribution in [0.2, 0.25) is 0 Å². The van der Waals surface area contributed by atoms with E-state index in [0.29, 0.717) is 17.1 Å². The van der Waals surface area contributed by atoms with Crippen LogP contribution in [0.25, 0.3) is 11.0 Å². The lowest BCUT2D eigenvalue weighted by Crippen LogP contribution is -2.37. The zero-order chi connectivity index (χ0) is 24.2. The molecule has 1 aliphatic rings. The van der Waals surface area contributed by atoms with Gasteiger partial charge in [-0.25, -0.2) is 4.79 Å². The molecule has 182 valence electrons. The summed E-state index contributed by atoms with van der Waals surface area (Å²) in [4.78, 5) is 17.0. The van der Waals surface area contributed by atoms with E-state index in [1.807, 2.05) is 27.1 Å². The van der Waals surface area contributed by atoms with E-state index in [1.165, 1.54) is 6.07 Å². The second-order valence-electron chi connectivity index (χ2n) is 8.93. The third-order valence-corrected chi connectivity index (χ3v) is 6.61. The Labute approximate surface area is 200 Å². The Morgan fingerprint density at radius 3 is 2.32 bits per heavy atom. The normalized spacial score (nSPS) is 15.3. The van der Waals surface area contributed by atoms with Crippen LogP contribution >= 0.6 is 0 Å². The van der Waals surface area contributed by atoms with Crippen molar-refractivity contribution in [1.82, 2.24) is 4.90 Å². The molecule has 34 heavy (non-hydrogen) atoms. The molecule has 0 radical (unpaired) electrons. The van der Waals surface area contributed by atoms with E-state index in [1.54, 1.807) is 14.2 Å². The number of morpholine rings is 1. The first-order chi connectivity index (χ1) is 16.4. The van der Waals surface area contributed by atoms with Gasteiger partial charge in [0.1, 0.15) is 17.1 Å². The Morgan fingerprint density at radius 2 is 1.71 bits per heavy atom. The molecule has 2 heterocycles. The van der Waals surface area contributed by atoms with Gasteiger partial charge in [-0.05, 0) is 43.1 Å². The average molecular weight is 467 g/mol. The maximum atomic E-state index is 12.5. The predicted octanol–water partition coefficient (Wildman–Crippen LogP) is 4.04. The van der Waals surface area contributed by atoms with Gasteiger partial charge in [0.25, 0.3) is 0 Å². The molecule has 0 bridgehead atoms. The summed E-state index contributed by atoms with van der Waals surface area (Å²) in [6.07, 6.45) is 0.844. The molecular formula is C27H34N2O5. The maximum absolute atomic E-state index is 12.5. The summed E-state index contributed by atoms with van der Waals surface area (Å²) < 4.78 is 22.9. The molecule has 0 unspecified atom stereocenters. The Bertz CT molecular complexity index is 1180. The van der Waals surface area contributed by atoms with Gasteiger partial charge in [-0.15, -0.1) is 0 Å². The largest absolute Gasteiger partial charge is 0.496 e. The van der Waals surface area contributed by atoms with Crippen LogP contribution in [0.15, 0.2) is 45.6 Å². The van der Waals surface area contributed by atoms with Crippen LogP contribution in [-0.2, 0) is 4.74 Å². The molecule has 0 saturated carbocycles. The smallest absolute Gasteiger partial charge is 0.336 e. The number of fused-ring (bicyclic) bond motifs is 1. The van der Waals surface area contributed by atoms with Crippen molar-refractivity contribution in [3.8, 4) is 11.5 Å². The lowest BCUT2D eigenvalue weighted by molar-refractivity contribution is 0.0369. The van der Waals surface area contributed by atoms with Crippen molar-refractivity contribution in [3.05, 3.63) is 63.5 Å².